The summed E-state index contributed by atoms with van der Waals surface area (Å²) in [4.78, 5) is 4.67. The van der Waals surface area contributed by atoms with Crippen molar-refractivity contribution >= 4 is 34.1 Å². The standard InChI is InChI=1S/C17H15ClN6/c1-11-2-7-14-15(10-11)24-17(21-22-23-24)16(20-14)19-9-8-12-3-5-13(18)6-4-12/h2-7,10H,8-9H2,1H3,(H,19,20). The molecular weight excluding hydrogens is 324 g/mol. The molecule has 2 aromatic carbocycles. The summed E-state index contributed by atoms with van der Waals surface area (Å²) in [5, 5.41) is 16.0. The van der Waals surface area contributed by atoms with Gasteiger partial charge in [-0.05, 0) is 59.2 Å². The van der Waals surface area contributed by atoms with Gasteiger partial charge < -0.3 is 5.32 Å². The summed E-state index contributed by atoms with van der Waals surface area (Å²) in [7, 11) is 0. The van der Waals surface area contributed by atoms with E-state index in [1.165, 1.54) is 5.56 Å². The molecule has 0 unspecified atom stereocenters. The molecule has 0 spiro atoms. The minimum absolute atomic E-state index is 0.629. The van der Waals surface area contributed by atoms with Crippen molar-refractivity contribution in [1.29, 1.82) is 0 Å². The van der Waals surface area contributed by atoms with Crippen LogP contribution in [0.1, 0.15) is 11.1 Å². The number of aromatic nitrogens is 5. The predicted molar refractivity (Wildman–Crippen MR) is 94.5 cm³/mol. The number of halogens is 1. The zero-order valence-corrected chi connectivity index (χ0v) is 13.8. The summed E-state index contributed by atoms with van der Waals surface area (Å²) >= 11 is 5.91. The summed E-state index contributed by atoms with van der Waals surface area (Å²) in [6.07, 6.45) is 0.860. The van der Waals surface area contributed by atoms with Crippen molar-refractivity contribution < 1.29 is 0 Å². The second-order valence-electron chi connectivity index (χ2n) is 5.67. The van der Waals surface area contributed by atoms with E-state index in [-0.39, 0.29) is 0 Å². The topological polar surface area (TPSA) is 68.0 Å². The fourth-order valence-electron chi connectivity index (χ4n) is 2.66. The van der Waals surface area contributed by atoms with Crippen LogP contribution in [0.5, 0.6) is 0 Å². The van der Waals surface area contributed by atoms with E-state index in [2.05, 4.69) is 25.8 Å². The van der Waals surface area contributed by atoms with Crippen LogP contribution in [-0.4, -0.2) is 31.6 Å². The number of benzene rings is 2. The third kappa shape index (κ3) is 2.76. The molecule has 24 heavy (non-hydrogen) atoms. The predicted octanol–water partition coefficient (Wildman–Crippen LogP) is 3.29. The summed E-state index contributed by atoms with van der Waals surface area (Å²) in [5.41, 5.74) is 4.74. The quantitative estimate of drug-likeness (QED) is 0.618. The molecule has 0 amide bonds. The number of anilines is 1. The number of nitrogens with one attached hydrogen (secondary N) is 1. The first kappa shape index (κ1) is 14.8. The van der Waals surface area contributed by atoms with E-state index < -0.39 is 0 Å². The molecule has 0 fully saturated rings. The Morgan fingerprint density at radius 1 is 1.12 bits per heavy atom. The van der Waals surface area contributed by atoms with Crippen LogP contribution in [0.25, 0.3) is 16.7 Å². The Hall–Kier alpha value is -2.73. The van der Waals surface area contributed by atoms with Crippen molar-refractivity contribution in [3.63, 3.8) is 0 Å². The maximum absolute atomic E-state index is 5.91. The molecular formula is C17H15ClN6. The van der Waals surface area contributed by atoms with Crippen LogP contribution >= 0.6 is 11.6 Å². The van der Waals surface area contributed by atoms with Gasteiger partial charge in [0.2, 0.25) is 5.65 Å². The molecule has 0 saturated carbocycles. The van der Waals surface area contributed by atoms with Gasteiger partial charge in [0.1, 0.15) is 0 Å². The second kappa shape index (κ2) is 6.05. The molecule has 4 rings (SSSR count). The molecule has 6 nitrogen and oxygen atoms in total. The molecule has 2 aromatic heterocycles. The lowest BCUT2D eigenvalue weighted by Gasteiger charge is -2.09. The Balaban J connectivity index is 1.62. The van der Waals surface area contributed by atoms with Crippen molar-refractivity contribution in [2.75, 3.05) is 11.9 Å². The zero-order valence-electron chi connectivity index (χ0n) is 13.1. The molecule has 0 aliphatic carbocycles. The second-order valence-corrected chi connectivity index (χ2v) is 6.11. The Morgan fingerprint density at radius 3 is 2.79 bits per heavy atom. The molecule has 2 heterocycles. The molecule has 1 N–H and O–H groups in total. The Labute approximate surface area is 143 Å². The van der Waals surface area contributed by atoms with Crippen LogP contribution in [0.4, 0.5) is 5.82 Å². The van der Waals surface area contributed by atoms with Crippen molar-refractivity contribution in [3.8, 4) is 0 Å². The minimum Gasteiger partial charge on any atom is -0.367 e. The van der Waals surface area contributed by atoms with Crippen molar-refractivity contribution in [3.05, 3.63) is 58.6 Å². The molecule has 0 aliphatic rings. The van der Waals surface area contributed by atoms with Gasteiger partial charge in [-0.1, -0.05) is 29.8 Å². The van der Waals surface area contributed by atoms with E-state index in [0.29, 0.717) is 11.5 Å². The van der Waals surface area contributed by atoms with E-state index in [0.717, 1.165) is 34.6 Å². The molecule has 7 heteroatoms. The SMILES string of the molecule is Cc1ccc2nc(NCCc3ccc(Cl)cc3)c3nnnn3c2c1. The lowest BCUT2D eigenvalue weighted by atomic mass is 10.1. The van der Waals surface area contributed by atoms with Crippen molar-refractivity contribution in [2.24, 2.45) is 0 Å². The third-order valence-corrected chi connectivity index (χ3v) is 4.14. The van der Waals surface area contributed by atoms with Crippen molar-refractivity contribution in [2.45, 2.75) is 13.3 Å². The first-order valence-electron chi connectivity index (χ1n) is 7.67. The fraction of sp³-hybridized carbons (Fsp3) is 0.176. The number of tetrazole rings is 1. The molecule has 0 aliphatic heterocycles. The molecule has 0 atom stereocenters. The van der Waals surface area contributed by atoms with Crippen LogP contribution in [-0.2, 0) is 6.42 Å². The maximum Gasteiger partial charge on any atom is 0.222 e. The third-order valence-electron chi connectivity index (χ3n) is 3.89. The highest BCUT2D eigenvalue weighted by Crippen LogP contribution is 2.20. The van der Waals surface area contributed by atoms with Crippen LogP contribution in [0.2, 0.25) is 5.02 Å². The Kier molecular flexibility index (Phi) is 3.74. The summed E-state index contributed by atoms with van der Waals surface area (Å²) in [5.74, 6) is 0.685. The van der Waals surface area contributed by atoms with E-state index in [9.17, 15) is 0 Å². The van der Waals surface area contributed by atoms with Crippen LogP contribution in [0.15, 0.2) is 42.5 Å². The zero-order chi connectivity index (χ0) is 16.5. The van der Waals surface area contributed by atoms with Gasteiger partial charge in [0.15, 0.2) is 5.82 Å². The monoisotopic (exact) mass is 338 g/mol. The number of fused-ring (bicyclic) bond motifs is 3. The van der Waals surface area contributed by atoms with Gasteiger partial charge in [-0.3, -0.25) is 0 Å². The number of aryl methyl sites for hydroxylation is 1. The molecule has 120 valence electrons. The number of hydrogen-bond donors (Lipinski definition) is 1. The molecule has 0 radical (unpaired) electrons. The van der Waals surface area contributed by atoms with Gasteiger partial charge >= 0.3 is 0 Å². The number of hydrogen-bond acceptors (Lipinski definition) is 5. The smallest absolute Gasteiger partial charge is 0.222 e. The highest BCUT2D eigenvalue weighted by Gasteiger charge is 2.11. The summed E-state index contributed by atoms with van der Waals surface area (Å²) in [6.45, 7) is 2.77. The van der Waals surface area contributed by atoms with Crippen LogP contribution in [0, 0.1) is 6.92 Å². The van der Waals surface area contributed by atoms with E-state index >= 15 is 0 Å². The highest BCUT2D eigenvalue weighted by atomic mass is 35.5. The first-order chi connectivity index (χ1) is 11.7. The summed E-state index contributed by atoms with van der Waals surface area (Å²) < 4.78 is 1.72. The van der Waals surface area contributed by atoms with Gasteiger partial charge in [-0.2, -0.15) is 4.52 Å². The highest BCUT2D eigenvalue weighted by molar-refractivity contribution is 6.30. The van der Waals surface area contributed by atoms with Crippen molar-refractivity contribution in [1.82, 2.24) is 25.0 Å². The van der Waals surface area contributed by atoms with E-state index in [4.69, 9.17) is 11.6 Å². The Morgan fingerprint density at radius 2 is 1.96 bits per heavy atom. The molecule has 0 bridgehead atoms. The van der Waals surface area contributed by atoms with Gasteiger partial charge in [-0.25, -0.2) is 4.98 Å². The normalized spacial score (nSPS) is 11.2. The lowest BCUT2D eigenvalue weighted by Crippen LogP contribution is -2.09. The van der Waals surface area contributed by atoms with Crippen LogP contribution in [0.3, 0.4) is 0 Å². The number of nitrogens with zero attached hydrogens (tertiary/aromatic N) is 5. The molecule has 0 saturated heterocycles. The first-order valence-corrected chi connectivity index (χ1v) is 8.05. The van der Waals surface area contributed by atoms with Gasteiger partial charge in [-0.15, -0.1) is 5.10 Å². The Bertz CT molecular complexity index is 1010. The maximum atomic E-state index is 5.91. The number of rotatable bonds is 4. The van der Waals surface area contributed by atoms with Gasteiger partial charge in [0.05, 0.1) is 11.0 Å². The fourth-order valence-corrected chi connectivity index (χ4v) is 2.79. The average Bonchev–Trinajstić information content (AvgIpc) is 3.07. The van der Waals surface area contributed by atoms with E-state index in [1.807, 2.05) is 49.4 Å². The van der Waals surface area contributed by atoms with Gasteiger partial charge in [0.25, 0.3) is 0 Å². The van der Waals surface area contributed by atoms with Gasteiger partial charge in [0, 0.05) is 11.6 Å². The lowest BCUT2D eigenvalue weighted by molar-refractivity contribution is 0.840. The van der Waals surface area contributed by atoms with Crippen LogP contribution < -0.4 is 5.32 Å². The van der Waals surface area contributed by atoms with E-state index in [1.54, 1.807) is 4.52 Å². The summed E-state index contributed by atoms with van der Waals surface area (Å²) in [6, 6.07) is 13.9. The minimum atomic E-state index is 0.629. The molecule has 4 aromatic rings. The largest absolute Gasteiger partial charge is 0.367 e. The average molecular weight is 339 g/mol.